The molecule has 35 heavy (non-hydrogen) atoms. The van der Waals surface area contributed by atoms with Gasteiger partial charge in [0.2, 0.25) is 0 Å². The van der Waals surface area contributed by atoms with Gasteiger partial charge in [-0.25, -0.2) is 28.3 Å². The van der Waals surface area contributed by atoms with Crippen LogP contribution in [0.1, 0.15) is 20.3 Å². The fraction of sp³-hybridized carbons (Fsp3) is 0.706. The largest absolute Gasteiger partial charge is 0.447 e. The van der Waals surface area contributed by atoms with Crippen molar-refractivity contribution in [3.05, 3.63) is 10.1 Å². The average Bonchev–Trinajstić information content (AvgIpc) is 3.36. The Labute approximate surface area is 217 Å². The second kappa shape index (κ2) is 18.8. The molecule has 18 heteroatoms. The zero-order valence-electron chi connectivity index (χ0n) is 20.7. The highest BCUT2D eigenvalue weighted by molar-refractivity contribution is 8.13. The second-order valence-corrected chi connectivity index (χ2v) is 9.72. The van der Waals surface area contributed by atoms with Crippen LogP contribution in [-0.2, 0) is 14.4 Å². The summed E-state index contributed by atoms with van der Waals surface area (Å²) >= 11 is 3.51. The van der Waals surface area contributed by atoms with Gasteiger partial charge in [0.15, 0.2) is 5.03 Å². The third kappa shape index (κ3) is 16.0. The number of nitrogens with zero attached hydrogens (tertiary/aromatic N) is 6. The molecule has 2 N–H and O–H groups in total. The molecule has 200 valence electrons. The number of hydrazone groups is 1. The van der Waals surface area contributed by atoms with Crippen LogP contribution in [0.25, 0.3) is 0 Å². The molecule has 1 aliphatic rings. The molecular weight excluding hydrogens is 524 g/mol. The van der Waals surface area contributed by atoms with Crippen LogP contribution in [0, 0.1) is 16.0 Å². The molecule has 1 unspecified atom stereocenters. The van der Waals surface area contributed by atoms with Gasteiger partial charge < -0.3 is 15.4 Å². The molecule has 1 fully saturated rings. The van der Waals surface area contributed by atoms with Crippen LogP contribution in [-0.4, -0.2) is 95.3 Å². The van der Waals surface area contributed by atoms with E-state index in [1.807, 2.05) is 12.5 Å². The molecular formula is C17H32N8O7S3. The Morgan fingerprint density at radius 3 is 2.00 bits per heavy atom. The SMILES string of the molecule is CN/C(=N/[N+](=O)[O-])NCC1CCOC1.CS/C(C)=N\OC(=O)N(C)SN(C)C(=O)O/N=C(/C)SC. The van der Waals surface area contributed by atoms with E-state index in [2.05, 4.69) is 35.7 Å². The van der Waals surface area contributed by atoms with E-state index < -0.39 is 17.2 Å². The van der Waals surface area contributed by atoms with E-state index >= 15 is 0 Å². The quantitative estimate of drug-likeness (QED) is 0.117. The number of thioether (sulfide) groups is 2. The molecule has 0 saturated carbocycles. The smallest absolute Gasteiger partial charge is 0.381 e. The van der Waals surface area contributed by atoms with Gasteiger partial charge >= 0.3 is 12.2 Å². The van der Waals surface area contributed by atoms with Crippen LogP contribution in [0.4, 0.5) is 9.59 Å². The van der Waals surface area contributed by atoms with Crippen molar-refractivity contribution >= 4 is 63.9 Å². The van der Waals surface area contributed by atoms with Gasteiger partial charge in [-0.2, -0.15) is 0 Å². The molecule has 1 rings (SSSR count). The fourth-order valence-electron chi connectivity index (χ4n) is 1.89. The lowest BCUT2D eigenvalue weighted by molar-refractivity contribution is -0.485. The maximum atomic E-state index is 11.6. The molecule has 0 aromatic rings. The maximum Gasteiger partial charge on any atom is 0.447 e. The molecule has 1 heterocycles. The third-order valence-electron chi connectivity index (χ3n) is 3.86. The first-order valence-corrected chi connectivity index (χ1v) is 13.2. The number of ether oxygens (including phenoxy) is 1. The molecule has 1 aliphatic heterocycles. The highest BCUT2D eigenvalue weighted by atomic mass is 32.2. The van der Waals surface area contributed by atoms with Gasteiger partial charge in [-0.1, -0.05) is 10.3 Å². The number of rotatable bonds is 7. The van der Waals surface area contributed by atoms with E-state index in [0.717, 1.165) is 33.8 Å². The summed E-state index contributed by atoms with van der Waals surface area (Å²) in [5, 5.41) is 26.4. The van der Waals surface area contributed by atoms with Crippen molar-refractivity contribution < 1.29 is 29.0 Å². The predicted octanol–water partition coefficient (Wildman–Crippen LogP) is 2.46. The Hall–Kier alpha value is -2.44. The van der Waals surface area contributed by atoms with Crippen LogP contribution >= 0.6 is 35.7 Å². The number of hydrogen-bond donors (Lipinski definition) is 2. The maximum absolute atomic E-state index is 11.6. The van der Waals surface area contributed by atoms with Gasteiger partial charge in [0.1, 0.15) is 15.2 Å². The van der Waals surface area contributed by atoms with Crippen molar-refractivity contribution in [3.8, 4) is 0 Å². The van der Waals surface area contributed by atoms with E-state index in [0.29, 0.717) is 29.2 Å². The number of amides is 2. The van der Waals surface area contributed by atoms with Crippen molar-refractivity contribution in [1.29, 1.82) is 0 Å². The predicted molar refractivity (Wildman–Crippen MR) is 140 cm³/mol. The van der Waals surface area contributed by atoms with Gasteiger partial charge in [-0.3, -0.25) is 9.68 Å². The van der Waals surface area contributed by atoms with E-state index in [1.54, 1.807) is 20.9 Å². The van der Waals surface area contributed by atoms with E-state index in [1.165, 1.54) is 37.6 Å². The highest BCUT2D eigenvalue weighted by Gasteiger charge is 2.19. The first kappa shape index (κ1) is 32.6. The molecule has 15 nitrogen and oxygen atoms in total. The Balaban J connectivity index is 0.000000712. The topological polar surface area (TPSA) is 173 Å². The molecule has 0 aliphatic carbocycles. The van der Waals surface area contributed by atoms with Gasteiger partial charge in [0.05, 0.1) is 18.7 Å². The Morgan fingerprint density at radius 2 is 1.63 bits per heavy atom. The highest BCUT2D eigenvalue weighted by Crippen LogP contribution is 2.15. The number of carbonyl (C=O) groups excluding carboxylic acids is 2. The van der Waals surface area contributed by atoms with Crippen molar-refractivity contribution in [3.63, 3.8) is 0 Å². The third-order valence-corrected chi connectivity index (χ3v) is 5.97. The molecule has 0 radical (unpaired) electrons. The summed E-state index contributed by atoms with van der Waals surface area (Å²) in [7, 11) is 4.47. The summed E-state index contributed by atoms with van der Waals surface area (Å²) in [5.41, 5.74) is 0. The first-order valence-electron chi connectivity index (χ1n) is 10.0. The van der Waals surface area contributed by atoms with Gasteiger partial charge in [-0.15, -0.1) is 23.5 Å². The first-order chi connectivity index (χ1) is 16.5. The number of hydrogen-bond acceptors (Lipinski definition) is 12. The summed E-state index contributed by atoms with van der Waals surface area (Å²) in [6.07, 6.45) is 3.19. The molecule has 0 aromatic carbocycles. The minimum absolute atomic E-state index is 0.182. The molecule has 0 bridgehead atoms. The van der Waals surface area contributed by atoms with Crippen LogP contribution in [0.15, 0.2) is 15.4 Å². The molecule has 2 amide bonds. The summed E-state index contributed by atoms with van der Waals surface area (Å²) in [6.45, 7) is 5.55. The van der Waals surface area contributed by atoms with Crippen molar-refractivity contribution in [2.75, 3.05) is 53.4 Å². The number of oxime groups is 2. The average molecular weight is 557 g/mol. The monoisotopic (exact) mass is 556 g/mol. The Bertz CT molecular complexity index is 741. The summed E-state index contributed by atoms with van der Waals surface area (Å²) < 4.78 is 7.37. The molecule has 0 aromatic heterocycles. The number of nitro groups is 1. The van der Waals surface area contributed by atoms with Gasteiger partial charge in [0.25, 0.3) is 5.96 Å². The molecule has 1 atom stereocenters. The van der Waals surface area contributed by atoms with E-state index in [9.17, 15) is 19.7 Å². The van der Waals surface area contributed by atoms with E-state index in [4.69, 9.17) is 4.74 Å². The fourth-order valence-corrected chi connectivity index (χ4v) is 2.68. The van der Waals surface area contributed by atoms with Gasteiger partial charge in [0, 0.05) is 40.2 Å². The number of nitrogens with one attached hydrogen (secondary N) is 2. The summed E-state index contributed by atoms with van der Waals surface area (Å²) in [4.78, 5) is 42.6. The van der Waals surface area contributed by atoms with Crippen LogP contribution in [0.2, 0.25) is 0 Å². The van der Waals surface area contributed by atoms with Crippen LogP contribution in [0.3, 0.4) is 0 Å². The zero-order valence-corrected chi connectivity index (χ0v) is 23.1. The molecule has 0 spiro atoms. The summed E-state index contributed by atoms with van der Waals surface area (Å²) in [5.74, 6) is 0.599. The summed E-state index contributed by atoms with van der Waals surface area (Å²) in [6, 6.07) is 0. The molecule has 1 saturated heterocycles. The minimum atomic E-state index is -0.732. The number of guanidine groups is 1. The normalized spacial score (nSPS) is 16.0. The lowest BCUT2D eigenvalue weighted by Gasteiger charge is -2.19. The van der Waals surface area contributed by atoms with Gasteiger partial charge in [-0.05, 0) is 32.8 Å². The Morgan fingerprint density at radius 1 is 1.11 bits per heavy atom. The van der Waals surface area contributed by atoms with Crippen LogP contribution < -0.4 is 10.6 Å². The minimum Gasteiger partial charge on any atom is -0.381 e. The Kier molecular flexibility index (Phi) is 17.5. The standard InChI is InChI=1S/C10H18N4O4S3.C7H14N4O3/c1-7(19-5)11-17-9(15)13(3)21-14(4)10(16)18-12-8(2)20-6;1-8-7(10-11(12)13)9-4-6-2-3-14-5-6/h1-6H3;6H,2-5H2,1H3,(H2,8,9,10)/b11-7-,12-8-;. The van der Waals surface area contributed by atoms with Crippen LogP contribution in [0.5, 0.6) is 0 Å². The zero-order chi connectivity index (χ0) is 26.8. The van der Waals surface area contributed by atoms with Crippen molar-refractivity contribution in [2.45, 2.75) is 20.3 Å². The van der Waals surface area contributed by atoms with Crippen molar-refractivity contribution in [2.24, 2.45) is 21.3 Å². The lowest BCUT2D eigenvalue weighted by Crippen LogP contribution is -2.38. The second-order valence-electron chi connectivity index (χ2n) is 6.47. The van der Waals surface area contributed by atoms with Crippen molar-refractivity contribution in [1.82, 2.24) is 19.2 Å². The number of carbonyl (C=O) groups is 2. The lowest BCUT2D eigenvalue weighted by atomic mass is 10.1. The van der Waals surface area contributed by atoms with E-state index in [-0.39, 0.29) is 5.96 Å².